The Kier molecular flexibility index (Phi) is 4.66. The topological polar surface area (TPSA) is 58.7 Å². The van der Waals surface area contributed by atoms with Crippen LogP contribution in [0.2, 0.25) is 0 Å². The standard InChI is InChI=1S/C15H24N2O2/c1-3-19-14-6-4-5-12(15(14)18)10-17-8-7-13(16)9-11(17)2/h4-6,11,13,18H,3,7-10,16H2,1-2H3. The van der Waals surface area contributed by atoms with Crippen LogP contribution in [0.15, 0.2) is 18.2 Å². The fraction of sp³-hybridized carbons (Fsp3) is 0.600. The summed E-state index contributed by atoms with van der Waals surface area (Å²) in [5.74, 6) is 0.841. The maximum absolute atomic E-state index is 10.2. The number of piperidine rings is 1. The van der Waals surface area contributed by atoms with E-state index in [9.17, 15) is 5.11 Å². The van der Waals surface area contributed by atoms with Gasteiger partial charge in [0, 0.05) is 30.7 Å². The average molecular weight is 264 g/mol. The smallest absolute Gasteiger partial charge is 0.162 e. The number of phenols is 1. The summed E-state index contributed by atoms with van der Waals surface area (Å²) in [5.41, 5.74) is 6.90. The Hall–Kier alpha value is -1.26. The van der Waals surface area contributed by atoms with Crippen LogP contribution >= 0.6 is 0 Å². The second kappa shape index (κ2) is 6.26. The summed E-state index contributed by atoms with van der Waals surface area (Å²) in [6.45, 7) is 6.41. The van der Waals surface area contributed by atoms with Crippen LogP contribution in [0.25, 0.3) is 0 Å². The number of ether oxygens (including phenoxy) is 1. The minimum Gasteiger partial charge on any atom is -0.504 e. The van der Waals surface area contributed by atoms with Crippen molar-refractivity contribution in [1.29, 1.82) is 0 Å². The molecule has 2 unspecified atom stereocenters. The molecule has 0 bridgehead atoms. The van der Waals surface area contributed by atoms with Crippen LogP contribution in [0, 0.1) is 0 Å². The molecular weight excluding hydrogens is 240 g/mol. The highest BCUT2D eigenvalue weighted by molar-refractivity contribution is 5.45. The van der Waals surface area contributed by atoms with Gasteiger partial charge in [-0.25, -0.2) is 0 Å². The Labute approximate surface area is 115 Å². The van der Waals surface area contributed by atoms with E-state index < -0.39 is 0 Å². The molecule has 19 heavy (non-hydrogen) atoms. The average Bonchev–Trinajstić information content (AvgIpc) is 2.37. The van der Waals surface area contributed by atoms with Gasteiger partial charge >= 0.3 is 0 Å². The first-order valence-corrected chi connectivity index (χ1v) is 7.05. The molecule has 0 aromatic heterocycles. The minimum absolute atomic E-state index is 0.270. The van der Waals surface area contributed by atoms with Gasteiger partial charge in [-0.05, 0) is 32.8 Å². The third-order valence-corrected chi connectivity index (χ3v) is 3.81. The molecule has 0 aliphatic carbocycles. The van der Waals surface area contributed by atoms with E-state index in [4.69, 9.17) is 10.5 Å². The molecule has 4 nitrogen and oxygen atoms in total. The number of hydrogen-bond donors (Lipinski definition) is 2. The normalized spacial score (nSPS) is 24.4. The highest BCUT2D eigenvalue weighted by Gasteiger charge is 2.24. The summed E-state index contributed by atoms with van der Waals surface area (Å²) >= 11 is 0. The van der Waals surface area contributed by atoms with E-state index in [1.54, 1.807) is 6.07 Å². The lowest BCUT2D eigenvalue weighted by Gasteiger charge is -2.36. The zero-order chi connectivity index (χ0) is 13.8. The van der Waals surface area contributed by atoms with Gasteiger partial charge in [0.25, 0.3) is 0 Å². The van der Waals surface area contributed by atoms with E-state index in [1.807, 2.05) is 19.1 Å². The van der Waals surface area contributed by atoms with Crippen molar-refractivity contribution in [3.8, 4) is 11.5 Å². The zero-order valence-corrected chi connectivity index (χ0v) is 11.8. The van der Waals surface area contributed by atoms with Gasteiger partial charge < -0.3 is 15.6 Å². The van der Waals surface area contributed by atoms with Crippen molar-refractivity contribution in [2.75, 3.05) is 13.2 Å². The molecule has 4 heteroatoms. The molecule has 2 atom stereocenters. The summed E-state index contributed by atoms with van der Waals surface area (Å²) in [6.07, 6.45) is 2.04. The molecule has 0 spiro atoms. The SMILES string of the molecule is CCOc1cccc(CN2CCC(N)CC2C)c1O. The second-order valence-corrected chi connectivity index (χ2v) is 5.30. The first-order valence-electron chi connectivity index (χ1n) is 7.05. The Bertz CT molecular complexity index is 423. The first-order chi connectivity index (χ1) is 9.11. The Balaban J connectivity index is 2.08. The number of hydrogen-bond acceptors (Lipinski definition) is 4. The highest BCUT2D eigenvalue weighted by atomic mass is 16.5. The maximum Gasteiger partial charge on any atom is 0.162 e. The molecule has 1 aromatic carbocycles. The van der Waals surface area contributed by atoms with E-state index in [0.29, 0.717) is 24.4 Å². The number of para-hydroxylation sites is 1. The third-order valence-electron chi connectivity index (χ3n) is 3.81. The number of nitrogens with zero attached hydrogens (tertiary/aromatic N) is 1. The summed E-state index contributed by atoms with van der Waals surface area (Å²) in [5, 5.41) is 10.2. The van der Waals surface area contributed by atoms with Crippen molar-refractivity contribution in [2.45, 2.75) is 45.3 Å². The first kappa shape index (κ1) is 14.2. The van der Waals surface area contributed by atoms with Crippen molar-refractivity contribution in [1.82, 2.24) is 4.90 Å². The number of benzene rings is 1. The fourth-order valence-electron chi connectivity index (χ4n) is 2.68. The van der Waals surface area contributed by atoms with Crippen molar-refractivity contribution >= 4 is 0 Å². The van der Waals surface area contributed by atoms with Crippen LogP contribution in [0.4, 0.5) is 0 Å². The van der Waals surface area contributed by atoms with Crippen LogP contribution in [0.1, 0.15) is 32.3 Å². The van der Waals surface area contributed by atoms with Gasteiger partial charge in [-0.3, -0.25) is 4.90 Å². The van der Waals surface area contributed by atoms with Gasteiger partial charge in [0.05, 0.1) is 6.61 Å². The number of likely N-dealkylation sites (tertiary alicyclic amines) is 1. The van der Waals surface area contributed by atoms with Crippen LogP contribution in [-0.2, 0) is 6.54 Å². The predicted molar refractivity (Wildman–Crippen MR) is 76.4 cm³/mol. The summed E-state index contributed by atoms with van der Waals surface area (Å²) in [4.78, 5) is 2.37. The fourth-order valence-corrected chi connectivity index (χ4v) is 2.68. The monoisotopic (exact) mass is 264 g/mol. The Morgan fingerprint density at radius 1 is 1.47 bits per heavy atom. The number of phenolic OH excluding ortho intramolecular Hbond substituents is 1. The minimum atomic E-state index is 0.270. The van der Waals surface area contributed by atoms with Gasteiger partial charge in [0.2, 0.25) is 0 Å². The molecule has 106 valence electrons. The van der Waals surface area contributed by atoms with Crippen LogP contribution in [0.5, 0.6) is 11.5 Å². The molecule has 3 N–H and O–H groups in total. The van der Waals surface area contributed by atoms with Crippen LogP contribution < -0.4 is 10.5 Å². The number of nitrogens with two attached hydrogens (primary N) is 1. The quantitative estimate of drug-likeness (QED) is 0.874. The van der Waals surface area contributed by atoms with Crippen molar-refractivity contribution < 1.29 is 9.84 Å². The van der Waals surface area contributed by atoms with Crippen molar-refractivity contribution in [3.63, 3.8) is 0 Å². The molecule has 1 saturated heterocycles. The molecule has 1 fully saturated rings. The molecular formula is C15H24N2O2. The molecule has 1 aliphatic rings. The highest BCUT2D eigenvalue weighted by Crippen LogP contribution is 2.31. The molecule has 1 aromatic rings. The van der Waals surface area contributed by atoms with Gasteiger partial charge in [-0.2, -0.15) is 0 Å². The van der Waals surface area contributed by atoms with Crippen LogP contribution in [0.3, 0.4) is 0 Å². The van der Waals surface area contributed by atoms with Gasteiger partial charge in [-0.15, -0.1) is 0 Å². The molecule has 1 heterocycles. The summed E-state index contributed by atoms with van der Waals surface area (Å²) in [7, 11) is 0. The summed E-state index contributed by atoms with van der Waals surface area (Å²) < 4.78 is 5.42. The lowest BCUT2D eigenvalue weighted by atomic mass is 9.98. The van der Waals surface area contributed by atoms with E-state index in [2.05, 4.69) is 11.8 Å². The van der Waals surface area contributed by atoms with E-state index >= 15 is 0 Å². The second-order valence-electron chi connectivity index (χ2n) is 5.30. The molecule has 0 saturated carbocycles. The Morgan fingerprint density at radius 3 is 2.95 bits per heavy atom. The molecule has 1 aliphatic heterocycles. The molecule has 0 amide bonds. The number of aromatic hydroxyl groups is 1. The molecule has 0 radical (unpaired) electrons. The van der Waals surface area contributed by atoms with Crippen molar-refractivity contribution in [3.05, 3.63) is 23.8 Å². The van der Waals surface area contributed by atoms with E-state index in [1.165, 1.54) is 0 Å². The lowest BCUT2D eigenvalue weighted by Crippen LogP contribution is -2.44. The molecule has 2 rings (SSSR count). The Morgan fingerprint density at radius 2 is 2.26 bits per heavy atom. The largest absolute Gasteiger partial charge is 0.504 e. The maximum atomic E-state index is 10.2. The van der Waals surface area contributed by atoms with Crippen molar-refractivity contribution in [2.24, 2.45) is 5.73 Å². The summed E-state index contributed by atoms with van der Waals surface area (Å²) in [6, 6.07) is 6.46. The predicted octanol–water partition coefficient (Wildman–Crippen LogP) is 2.10. The van der Waals surface area contributed by atoms with Gasteiger partial charge in [-0.1, -0.05) is 12.1 Å². The van der Waals surface area contributed by atoms with Gasteiger partial charge in [0.1, 0.15) is 0 Å². The van der Waals surface area contributed by atoms with E-state index in [0.717, 1.165) is 31.5 Å². The number of rotatable bonds is 4. The zero-order valence-electron chi connectivity index (χ0n) is 11.8. The van der Waals surface area contributed by atoms with E-state index in [-0.39, 0.29) is 5.75 Å². The third kappa shape index (κ3) is 3.39. The van der Waals surface area contributed by atoms with Crippen LogP contribution in [-0.4, -0.2) is 35.2 Å². The van der Waals surface area contributed by atoms with Gasteiger partial charge in [0.15, 0.2) is 11.5 Å². The lowest BCUT2D eigenvalue weighted by molar-refractivity contribution is 0.138.